The van der Waals surface area contributed by atoms with Crippen molar-refractivity contribution >= 4 is 16.3 Å². The molecule has 0 atom stereocenters. The fourth-order valence-corrected chi connectivity index (χ4v) is 2.75. The Morgan fingerprint density at radius 2 is 2.05 bits per heavy atom. The second-order valence-corrected chi connectivity index (χ2v) is 5.12. The van der Waals surface area contributed by atoms with Gasteiger partial charge in [-0.2, -0.15) is 0 Å². The molecule has 0 aliphatic rings. The summed E-state index contributed by atoms with van der Waals surface area (Å²) in [5, 5.41) is 2.39. The van der Waals surface area contributed by atoms with Gasteiger partial charge in [-0.3, -0.25) is 0 Å². The topological polar surface area (TPSA) is 35.1 Å². The molecule has 0 aliphatic carbocycles. The molecule has 4 rings (SSSR count). The Labute approximate surface area is 116 Å². The van der Waals surface area contributed by atoms with Crippen LogP contribution in [0.5, 0.6) is 0 Å². The minimum absolute atomic E-state index is 0.997. The van der Waals surface area contributed by atoms with Gasteiger partial charge in [-0.1, -0.05) is 18.2 Å². The van der Waals surface area contributed by atoms with Gasteiger partial charge in [0, 0.05) is 25.0 Å². The van der Waals surface area contributed by atoms with Crippen LogP contribution >= 0.6 is 0 Å². The molecule has 3 heterocycles. The molecule has 4 aromatic rings. The molecule has 0 saturated heterocycles. The molecule has 0 fully saturated rings. The molecule has 4 heteroatoms. The first-order chi connectivity index (χ1) is 9.72. The molecule has 1 aromatic carbocycles. The second kappa shape index (κ2) is 3.93. The average molecular weight is 262 g/mol. The Kier molecular flexibility index (Phi) is 2.21. The molecule has 20 heavy (non-hydrogen) atoms. The number of benzene rings is 1. The third kappa shape index (κ3) is 1.54. The van der Waals surface area contributed by atoms with Crippen molar-refractivity contribution in [3.05, 3.63) is 54.9 Å². The lowest BCUT2D eigenvalue weighted by molar-refractivity contribution is 0.925. The van der Waals surface area contributed by atoms with Crippen molar-refractivity contribution in [2.45, 2.75) is 6.92 Å². The van der Waals surface area contributed by atoms with Crippen molar-refractivity contribution in [1.82, 2.24) is 18.9 Å². The van der Waals surface area contributed by atoms with Crippen molar-refractivity contribution in [1.29, 1.82) is 0 Å². The summed E-state index contributed by atoms with van der Waals surface area (Å²) in [6.45, 7) is 2.02. The van der Waals surface area contributed by atoms with E-state index in [1.54, 1.807) is 0 Å². The average Bonchev–Trinajstić information content (AvgIpc) is 3.01. The highest BCUT2D eigenvalue weighted by Crippen LogP contribution is 2.28. The number of aryl methyl sites for hydroxylation is 2. The number of hydrogen-bond donors (Lipinski definition) is 0. The normalized spacial score (nSPS) is 11.5. The van der Waals surface area contributed by atoms with Crippen LogP contribution in [-0.2, 0) is 7.05 Å². The van der Waals surface area contributed by atoms with Crippen LogP contribution in [0.4, 0.5) is 0 Å². The number of imidazole rings is 2. The van der Waals surface area contributed by atoms with Gasteiger partial charge in [0.25, 0.3) is 0 Å². The largest absolute Gasteiger partial charge is 0.334 e. The van der Waals surface area contributed by atoms with Crippen molar-refractivity contribution in [2.24, 2.45) is 7.05 Å². The van der Waals surface area contributed by atoms with Crippen LogP contribution in [0.25, 0.3) is 27.7 Å². The van der Waals surface area contributed by atoms with Gasteiger partial charge in [0.15, 0.2) is 0 Å². The first-order valence-corrected chi connectivity index (χ1v) is 6.57. The molecular weight excluding hydrogens is 248 g/mol. The number of nitrogens with zero attached hydrogens (tertiary/aromatic N) is 4. The summed E-state index contributed by atoms with van der Waals surface area (Å²) in [5.74, 6) is 0.997. The molecule has 0 spiro atoms. The molecule has 0 amide bonds. The van der Waals surface area contributed by atoms with E-state index in [0.717, 1.165) is 22.6 Å². The number of pyridine rings is 1. The van der Waals surface area contributed by atoms with Gasteiger partial charge in [-0.15, -0.1) is 0 Å². The van der Waals surface area contributed by atoms with Crippen molar-refractivity contribution in [3.8, 4) is 11.4 Å². The molecule has 0 N–H and O–H groups in total. The quantitative estimate of drug-likeness (QED) is 0.528. The van der Waals surface area contributed by atoms with Crippen LogP contribution in [0.3, 0.4) is 0 Å². The predicted octanol–water partition coefficient (Wildman–Crippen LogP) is 3.20. The molecule has 4 nitrogen and oxygen atoms in total. The Hall–Kier alpha value is -2.62. The minimum Gasteiger partial charge on any atom is -0.334 e. The summed E-state index contributed by atoms with van der Waals surface area (Å²) in [6.07, 6.45) is 7.86. The molecule has 0 radical (unpaired) electrons. The van der Waals surface area contributed by atoms with Gasteiger partial charge >= 0.3 is 0 Å². The molecule has 0 aliphatic heterocycles. The lowest BCUT2D eigenvalue weighted by Gasteiger charge is -2.07. The van der Waals surface area contributed by atoms with E-state index in [0.29, 0.717) is 0 Å². The van der Waals surface area contributed by atoms with Gasteiger partial charge in [-0.05, 0) is 23.8 Å². The van der Waals surface area contributed by atoms with Crippen LogP contribution in [0.1, 0.15) is 5.69 Å². The van der Waals surface area contributed by atoms with E-state index in [1.165, 1.54) is 10.8 Å². The van der Waals surface area contributed by atoms with Crippen molar-refractivity contribution in [3.63, 3.8) is 0 Å². The molecule has 0 unspecified atom stereocenters. The Morgan fingerprint density at radius 1 is 1.15 bits per heavy atom. The van der Waals surface area contributed by atoms with E-state index in [4.69, 9.17) is 0 Å². The number of fused-ring (bicyclic) bond motifs is 2. The van der Waals surface area contributed by atoms with E-state index >= 15 is 0 Å². The number of rotatable bonds is 1. The first kappa shape index (κ1) is 11.2. The monoisotopic (exact) mass is 262 g/mol. The highest BCUT2D eigenvalue weighted by molar-refractivity contribution is 5.97. The Balaban J connectivity index is 2.10. The van der Waals surface area contributed by atoms with Crippen molar-refractivity contribution in [2.75, 3.05) is 0 Å². The summed E-state index contributed by atoms with van der Waals surface area (Å²) in [4.78, 5) is 8.83. The molecule has 98 valence electrons. The number of aromatic nitrogens is 4. The summed E-state index contributed by atoms with van der Waals surface area (Å²) in [7, 11) is 2.03. The van der Waals surface area contributed by atoms with Crippen LogP contribution in [0, 0.1) is 6.92 Å². The van der Waals surface area contributed by atoms with Gasteiger partial charge in [0.1, 0.15) is 5.82 Å². The zero-order chi connectivity index (χ0) is 13.7. The summed E-state index contributed by atoms with van der Waals surface area (Å²) in [5.41, 5.74) is 3.28. The second-order valence-electron chi connectivity index (χ2n) is 5.12. The van der Waals surface area contributed by atoms with Crippen LogP contribution in [0.15, 0.2) is 49.2 Å². The van der Waals surface area contributed by atoms with Crippen LogP contribution in [0.2, 0.25) is 0 Å². The third-order valence-corrected chi connectivity index (χ3v) is 3.64. The summed E-state index contributed by atoms with van der Waals surface area (Å²) < 4.78 is 4.11. The van der Waals surface area contributed by atoms with Gasteiger partial charge < -0.3 is 8.97 Å². The SMILES string of the molecule is Cc1cn(C)c(-c2cccc3cn4cncc4cc23)n1. The molecular formula is C16H14N4. The lowest BCUT2D eigenvalue weighted by atomic mass is 10.1. The van der Waals surface area contributed by atoms with E-state index in [1.807, 2.05) is 37.1 Å². The fraction of sp³-hybridized carbons (Fsp3) is 0.125. The highest BCUT2D eigenvalue weighted by atomic mass is 15.0. The highest BCUT2D eigenvalue weighted by Gasteiger charge is 2.10. The van der Waals surface area contributed by atoms with Crippen LogP contribution in [-0.4, -0.2) is 18.9 Å². The van der Waals surface area contributed by atoms with E-state index < -0.39 is 0 Å². The maximum atomic E-state index is 4.64. The number of hydrogen-bond acceptors (Lipinski definition) is 2. The van der Waals surface area contributed by atoms with E-state index in [9.17, 15) is 0 Å². The van der Waals surface area contributed by atoms with Gasteiger partial charge in [-0.25, -0.2) is 9.97 Å². The van der Waals surface area contributed by atoms with E-state index in [2.05, 4.69) is 45.0 Å². The maximum absolute atomic E-state index is 4.64. The Bertz CT molecular complexity index is 930. The van der Waals surface area contributed by atoms with Crippen LogP contribution < -0.4 is 0 Å². The lowest BCUT2D eigenvalue weighted by Crippen LogP contribution is -1.93. The van der Waals surface area contributed by atoms with Gasteiger partial charge in [0.2, 0.25) is 0 Å². The third-order valence-electron chi connectivity index (χ3n) is 3.64. The Morgan fingerprint density at radius 3 is 2.85 bits per heavy atom. The predicted molar refractivity (Wildman–Crippen MR) is 79.6 cm³/mol. The van der Waals surface area contributed by atoms with Crippen molar-refractivity contribution < 1.29 is 0 Å². The smallest absolute Gasteiger partial charge is 0.140 e. The standard InChI is InChI=1S/C16H14N4/c1-11-8-19(2)16(18-11)14-5-3-4-12-9-20-10-17-7-13(20)6-15(12)14/h3-10H,1-2H3. The first-order valence-electron chi connectivity index (χ1n) is 6.57. The van der Waals surface area contributed by atoms with Gasteiger partial charge in [0.05, 0.1) is 23.7 Å². The minimum atomic E-state index is 0.997. The van der Waals surface area contributed by atoms with E-state index in [-0.39, 0.29) is 0 Å². The molecule has 0 bridgehead atoms. The summed E-state index contributed by atoms with van der Waals surface area (Å²) >= 11 is 0. The molecule has 0 saturated carbocycles. The zero-order valence-corrected chi connectivity index (χ0v) is 11.4. The summed E-state index contributed by atoms with van der Waals surface area (Å²) in [6, 6.07) is 8.48. The zero-order valence-electron chi connectivity index (χ0n) is 11.4. The molecule has 3 aromatic heterocycles. The fourth-order valence-electron chi connectivity index (χ4n) is 2.75. The maximum Gasteiger partial charge on any atom is 0.140 e.